The van der Waals surface area contributed by atoms with Crippen molar-refractivity contribution in [1.82, 2.24) is 20.1 Å². The zero-order chi connectivity index (χ0) is 15.9. The quantitative estimate of drug-likeness (QED) is 0.605. The van der Waals surface area contributed by atoms with E-state index in [1.54, 1.807) is 7.11 Å². The van der Waals surface area contributed by atoms with Crippen LogP contribution in [0.5, 0.6) is 0 Å². The molecular formula is C15H20N4O2S. The zero-order valence-corrected chi connectivity index (χ0v) is 13.6. The Morgan fingerprint density at radius 3 is 2.82 bits per heavy atom. The number of H-pyrrole nitrogens is 1. The first-order valence-corrected chi connectivity index (χ1v) is 7.50. The first-order chi connectivity index (χ1) is 10.6. The molecule has 0 saturated heterocycles. The number of aromatic amines is 1. The fraction of sp³-hybridized carbons (Fsp3) is 0.400. The molecule has 0 bridgehead atoms. The minimum Gasteiger partial charge on any atom is -0.383 e. The molecule has 7 heteroatoms. The van der Waals surface area contributed by atoms with Gasteiger partial charge in [0.15, 0.2) is 10.6 Å². The minimum atomic E-state index is -0.0324. The number of nitrogens with zero attached hydrogens (tertiary/aromatic N) is 2. The number of hydrogen-bond acceptors (Lipinski definition) is 4. The van der Waals surface area contributed by atoms with Crippen LogP contribution in [0.15, 0.2) is 24.3 Å². The number of carbonyl (C=O) groups is 1. The lowest BCUT2D eigenvalue weighted by molar-refractivity contribution is -0.121. The Bertz CT molecular complexity index is 676. The molecule has 1 aromatic carbocycles. The van der Waals surface area contributed by atoms with Crippen molar-refractivity contribution in [2.24, 2.45) is 0 Å². The van der Waals surface area contributed by atoms with Gasteiger partial charge in [0.2, 0.25) is 5.91 Å². The number of rotatable bonds is 7. The lowest BCUT2D eigenvalue weighted by Crippen LogP contribution is -2.27. The standard InChI is InChI=1S/C15H20N4O2S/c1-11-3-5-12(6-4-11)14-17-18-15(22)19(14)9-7-13(20)16-8-10-21-2/h3-6H,7-10H2,1-2H3,(H,16,20)(H,18,22). The first-order valence-electron chi connectivity index (χ1n) is 7.09. The average molecular weight is 320 g/mol. The van der Waals surface area contributed by atoms with Crippen molar-refractivity contribution in [3.05, 3.63) is 34.6 Å². The lowest BCUT2D eigenvalue weighted by Gasteiger charge is -2.08. The maximum absolute atomic E-state index is 11.8. The molecule has 6 nitrogen and oxygen atoms in total. The van der Waals surface area contributed by atoms with E-state index in [2.05, 4.69) is 15.5 Å². The van der Waals surface area contributed by atoms with Gasteiger partial charge < -0.3 is 10.1 Å². The van der Waals surface area contributed by atoms with Gasteiger partial charge in [0.1, 0.15) is 0 Å². The van der Waals surface area contributed by atoms with Crippen molar-refractivity contribution in [3.63, 3.8) is 0 Å². The Morgan fingerprint density at radius 2 is 2.14 bits per heavy atom. The summed E-state index contributed by atoms with van der Waals surface area (Å²) >= 11 is 5.25. The molecule has 1 amide bonds. The summed E-state index contributed by atoms with van der Waals surface area (Å²) in [5.74, 6) is 0.713. The van der Waals surface area contributed by atoms with Gasteiger partial charge in [0.05, 0.1) is 6.61 Å². The monoisotopic (exact) mass is 320 g/mol. The number of amides is 1. The largest absolute Gasteiger partial charge is 0.383 e. The van der Waals surface area contributed by atoms with Crippen LogP contribution in [0.25, 0.3) is 11.4 Å². The van der Waals surface area contributed by atoms with Crippen molar-refractivity contribution >= 4 is 18.1 Å². The number of benzene rings is 1. The normalized spacial score (nSPS) is 10.6. The van der Waals surface area contributed by atoms with E-state index < -0.39 is 0 Å². The molecule has 0 spiro atoms. The zero-order valence-electron chi connectivity index (χ0n) is 12.8. The molecule has 22 heavy (non-hydrogen) atoms. The highest BCUT2D eigenvalue weighted by atomic mass is 32.1. The summed E-state index contributed by atoms with van der Waals surface area (Å²) in [7, 11) is 1.60. The van der Waals surface area contributed by atoms with Gasteiger partial charge in [-0.2, -0.15) is 5.10 Å². The van der Waals surface area contributed by atoms with Gasteiger partial charge in [-0.25, -0.2) is 0 Å². The molecule has 0 unspecified atom stereocenters. The highest BCUT2D eigenvalue weighted by molar-refractivity contribution is 7.71. The van der Waals surface area contributed by atoms with Gasteiger partial charge >= 0.3 is 0 Å². The van der Waals surface area contributed by atoms with Crippen molar-refractivity contribution in [1.29, 1.82) is 0 Å². The number of aromatic nitrogens is 3. The summed E-state index contributed by atoms with van der Waals surface area (Å²) in [4.78, 5) is 11.8. The molecule has 0 aliphatic rings. The van der Waals surface area contributed by atoms with Crippen LogP contribution < -0.4 is 5.32 Å². The summed E-state index contributed by atoms with van der Waals surface area (Å²) in [6, 6.07) is 8.04. The molecule has 1 heterocycles. The van der Waals surface area contributed by atoms with Crippen LogP contribution in [-0.4, -0.2) is 40.9 Å². The lowest BCUT2D eigenvalue weighted by atomic mass is 10.1. The summed E-state index contributed by atoms with van der Waals surface area (Å²) in [6.07, 6.45) is 0.344. The average Bonchev–Trinajstić information content (AvgIpc) is 2.87. The highest BCUT2D eigenvalue weighted by Gasteiger charge is 2.10. The molecular weight excluding hydrogens is 300 g/mol. The Labute approximate surface area is 134 Å². The van der Waals surface area contributed by atoms with Gasteiger partial charge in [-0.1, -0.05) is 29.8 Å². The third kappa shape index (κ3) is 4.25. The van der Waals surface area contributed by atoms with Gasteiger partial charge in [-0.3, -0.25) is 14.5 Å². The molecule has 2 rings (SSSR count). The minimum absolute atomic E-state index is 0.0324. The van der Waals surface area contributed by atoms with Crippen LogP contribution in [0, 0.1) is 11.7 Å². The van der Waals surface area contributed by atoms with Gasteiger partial charge in [0, 0.05) is 32.2 Å². The fourth-order valence-electron chi connectivity index (χ4n) is 2.04. The summed E-state index contributed by atoms with van der Waals surface area (Å²) in [6.45, 7) is 3.53. The molecule has 1 aromatic heterocycles. The predicted molar refractivity (Wildman–Crippen MR) is 87.1 cm³/mol. The Kier molecular flexibility index (Phi) is 5.85. The Hall–Kier alpha value is -1.99. The van der Waals surface area contributed by atoms with Crippen molar-refractivity contribution in [2.45, 2.75) is 19.9 Å². The molecule has 0 atom stereocenters. The van der Waals surface area contributed by atoms with Crippen LogP contribution in [0.3, 0.4) is 0 Å². The SMILES string of the molecule is COCCNC(=O)CCn1c(-c2ccc(C)cc2)n[nH]c1=S. The van der Waals surface area contributed by atoms with E-state index >= 15 is 0 Å². The number of ether oxygens (including phenoxy) is 1. The second-order valence-corrected chi connectivity index (χ2v) is 5.35. The maximum atomic E-state index is 11.8. The van der Waals surface area contributed by atoms with Gasteiger partial charge in [0.25, 0.3) is 0 Å². The number of methoxy groups -OCH3 is 1. The van der Waals surface area contributed by atoms with E-state index in [1.165, 1.54) is 5.56 Å². The molecule has 0 radical (unpaired) electrons. The number of hydrogen-bond donors (Lipinski definition) is 2. The molecule has 0 fully saturated rings. The number of carbonyl (C=O) groups excluding carboxylic acids is 1. The highest BCUT2D eigenvalue weighted by Crippen LogP contribution is 2.18. The van der Waals surface area contributed by atoms with Gasteiger partial charge in [-0.15, -0.1) is 0 Å². The third-order valence-electron chi connectivity index (χ3n) is 3.26. The fourth-order valence-corrected chi connectivity index (χ4v) is 2.27. The van der Waals surface area contributed by atoms with Crippen LogP contribution in [0.2, 0.25) is 0 Å². The van der Waals surface area contributed by atoms with Crippen LogP contribution in [0.4, 0.5) is 0 Å². The molecule has 118 valence electrons. The number of nitrogens with one attached hydrogen (secondary N) is 2. The van der Waals surface area contributed by atoms with E-state index in [9.17, 15) is 4.79 Å². The van der Waals surface area contributed by atoms with Gasteiger partial charge in [-0.05, 0) is 19.1 Å². The number of aryl methyl sites for hydroxylation is 1. The predicted octanol–water partition coefficient (Wildman–Crippen LogP) is 2.07. The van der Waals surface area contributed by atoms with E-state index in [4.69, 9.17) is 17.0 Å². The third-order valence-corrected chi connectivity index (χ3v) is 3.57. The molecule has 0 aliphatic heterocycles. The van der Waals surface area contributed by atoms with Crippen molar-refractivity contribution in [3.8, 4) is 11.4 Å². The Morgan fingerprint density at radius 1 is 1.41 bits per heavy atom. The van der Waals surface area contributed by atoms with E-state index in [1.807, 2.05) is 35.8 Å². The summed E-state index contributed by atoms with van der Waals surface area (Å²) in [5, 5.41) is 9.84. The maximum Gasteiger partial charge on any atom is 0.221 e. The van der Waals surface area contributed by atoms with E-state index in [-0.39, 0.29) is 5.91 Å². The first kappa shape index (κ1) is 16.4. The molecule has 2 N–H and O–H groups in total. The van der Waals surface area contributed by atoms with Crippen LogP contribution in [-0.2, 0) is 16.1 Å². The molecule has 0 aliphatic carbocycles. The second-order valence-electron chi connectivity index (χ2n) is 4.96. The van der Waals surface area contributed by atoms with Crippen molar-refractivity contribution in [2.75, 3.05) is 20.3 Å². The molecule has 2 aromatic rings. The topological polar surface area (TPSA) is 71.9 Å². The van der Waals surface area contributed by atoms with E-state index in [0.717, 1.165) is 11.4 Å². The smallest absolute Gasteiger partial charge is 0.221 e. The van der Waals surface area contributed by atoms with Crippen LogP contribution >= 0.6 is 12.2 Å². The Balaban J connectivity index is 2.05. The van der Waals surface area contributed by atoms with Crippen molar-refractivity contribution < 1.29 is 9.53 Å². The summed E-state index contributed by atoms with van der Waals surface area (Å²) in [5.41, 5.74) is 2.15. The molecule has 0 saturated carbocycles. The van der Waals surface area contributed by atoms with E-state index in [0.29, 0.717) is 30.9 Å². The second kappa shape index (κ2) is 7.86. The summed E-state index contributed by atoms with van der Waals surface area (Å²) < 4.78 is 7.25. The van der Waals surface area contributed by atoms with Crippen LogP contribution in [0.1, 0.15) is 12.0 Å².